The maximum atomic E-state index is 12.4. The number of carbonyl (C=O) groups is 2. The van der Waals surface area contributed by atoms with Gasteiger partial charge in [0.1, 0.15) is 6.61 Å². The number of esters is 2. The van der Waals surface area contributed by atoms with Crippen LogP contribution in [-0.4, -0.2) is 41.0 Å². The van der Waals surface area contributed by atoms with Gasteiger partial charge >= 0.3 is 19.8 Å². The van der Waals surface area contributed by atoms with Gasteiger partial charge in [0.25, 0.3) is 0 Å². The SMILES string of the molecule is CC/C=C/C/C=C/C/C=C/C/C=C/C/C=C/C/C=C/CCC(=O)OC[C@H](COP(=O)(O)O)OC(=O)CCCCCCCCCCCCC/C=C/CCCCCCCC. The summed E-state index contributed by atoms with van der Waals surface area (Å²) in [6, 6.07) is 0. The van der Waals surface area contributed by atoms with Crippen molar-refractivity contribution in [1.29, 1.82) is 0 Å². The van der Waals surface area contributed by atoms with Crippen molar-refractivity contribution in [1.82, 2.24) is 0 Å². The molecule has 1 atom stereocenters. The van der Waals surface area contributed by atoms with Crippen molar-refractivity contribution >= 4 is 19.8 Å². The second kappa shape index (κ2) is 43.8. The molecular formula is C49H83O8P. The van der Waals surface area contributed by atoms with Gasteiger partial charge in [-0.2, -0.15) is 0 Å². The number of allylic oxidation sites excluding steroid dienone is 14. The molecule has 0 aliphatic heterocycles. The Kier molecular flexibility index (Phi) is 41.7. The summed E-state index contributed by atoms with van der Waals surface area (Å²) in [6.07, 6.45) is 58.9. The molecule has 0 heterocycles. The Hall–Kier alpha value is -2.77. The summed E-state index contributed by atoms with van der Waals surface area (Å²) in [5.74, 6) is -0.986. The molecule has 0 bridgehead atoms. The topological polar surface area (TPSA) is 119 Å². The number of hydrogen-bond acceptors (Lipinski definition) is 6. The normalized spacial score (nSPS) is 13.2. The number of carbonyl (C=O) groups excluding carboxylic acids is 2. The van der Waals surface area contributed by atoms with Crippen molar-refractivity contribution in [3.05, 3.63) is 85.1 Å². The zero-order valence-corrected chi connectivity index (χ0v) is 37.6. The minimum absolute atomic E-state index is 0.138. The Morgan fingerprint density at radius 1 is 0.466 bits per heavy atom. The van der Waals surface area contributed by atoms with Crippen LogP contribution in [0.15, 0.2) is 85.1 Å². The Labute approximate surface area is 354 Å². The van der Waals surface area contributed by atoms with Gasteiger partial charge in [-0.3, -0.25) is 14.1 Å². The molecule has 2 N–H and O–H groups in total. The Balaban J connectivity index is 3.99. The highest BCUT2D eigenvalue weighted by Crippen LogP contribution is 2.36. The number of hydrogen-bond donors (Lipinski definition) is 2. The van der Waals surface area contributed by atoms with E-state index in [1.165, 1.54) is 96.3 Å². The fourth-order valence-electron chi connectivity index (χ4n) is 6.04. The fraction of sp³-hybridized carbons (Fsp3) is 0.673. The van der Waals surface area contributed by atoms with E-state index >= 15 is 0 Å². The minimum Gasteiger partial charge on any atom is -0.462 e. The molecule has 0 aromatic heterocycles. The molecule has 0 fully saturated rings. The zero-order valence-electron chi connectivity index (χ0n) is 36.7. The van der Waals surface area contributed by atoms with Crippen LogP contribution >= 0.6 is 7.82 Å². The lowest BCUT2D eigenvalue weighted by Crippen LogP contribution is -2.29. The third kappa shape index (κ3) is 45.9. The van der Waals surface area contributed by atoms with Gasteiger partial charge in [0.2, 0.25) is 0 Å². The number of phosphoric ester groups is 1. The largest absolute Gasteiger partial charge is 0.469 e. The summed E-state index contributed by atoms with van der Waals surface area (Å²) in [5, 5.41) is 0. The maximum Gasteiger partial charge on any atom is 0.469 e. The van der Waals surface area contributed by atoms with E-state index in [1.807, 2.05) is 12.2 Å². The van der Waals surface area contributed by atoms with Gasteiger partial charge in [-0.1, -0.05) is 189 Å². The molecule has 58 heavy (non-hydrogen) atoms. The maximum absolute atomic E-state index is 12.4. The second-order valence-corrected chi connectivity index (χ2v) is 16.2. The molecule has 332 valence electrons. The van der Waals surface area contributed by atoms with Gasteiger partial charge in [0.15, 0.2) is 6.10 Å². The van der Waals surface area contributed by atoms with Gasteiger partial charge in [-0.25, -0.2) is 4.57 Å². The van der Waals surface area contributed by atoms with Crippen molar-refractivity contribution in [2.45, 2.75) is 200 Å². The van der Waals surface area contributed by atoms with Crippen LogP contribution < -0.4 is 0 Å². The van der Waals surface area contributed by atoms with Crippen LogP contribution in [0.1, 0.15) is 194 Å². The van der Waals surface area contributed by atoms with Crippen LogP contribution in [0.2, 0.25) is 0 Å². The summed E-state index contributed by atoms with van der Waals surface area (Å²) < 4.78 is 26.4. The van der Waals surface area contributed by atoms with E-state index in [-0.39, 0.29) is 19.4 Å². The van der Waals surface area contributed by atoms with Crippen LogP contribution in [0.25, 0.3) is 0 Å². The third-order valence-electron chi connectivity index (χ3n) is 9.41. The number of rotatable bonds is 41. The molecule has 0 aromatic rings. The van der Waals surface area contributed by atoms with Crippen LogP contribution in [0.3, 0.4) is 0 Å². The Morgan fingerprint density at radius 2 is 0.862 bits per heavy atom. The first kappa shape index (κ1) is 55.2. The average molecular weight is 831 g/mol. The summed E-state index contributed by atoms with van der Waals surface area (Å²) in [6.45, 7) is 3.51. The highest BCUT2D eigenvalue weighted by atomic mass is 31.2. The minimum atomic E-state index is -4.78. The summed E-state index contributed by atoms with van der Waals surface area (Å²) in [7, 11) is -4.78. The molecule has 0 unspecified atom stereocenters. The fourth-order valence-corrected chi connectivity index (χ4v) is 6.40. The van der Waals surface area contributed by atoms with E-state index in [1.54, 1.807) is 0 Å². The molecule has 0 aliphatic rings. The summed E-state index contributed by atoms with van der Waals surface area (Å²) in [4.78, 5) is 42.9. The third-order valence-corrected chi connectivity index (χ3v) is 9.90. The van der Waals surface area contributed by atoms with Gasteiger partial charge in [-0.15, -0.1) is 0 Å². The van der Waals surface area contributed by atoms with E-state index in [0.29, 0.717) is 12.8 Å². The predicted octanol–water partition coefficient (Wildman–Crippen LogP) is 14.4. The smallest absolute Gasteiger partial charge is 0.462 e. The Bertz CT molecular complexity index is 1210. The summed E-state index contributed by atoms with van der Waals surface area (Å²) >= 11 is 0. The average Bonchev–Trinajstić information content (AvgIpc) is 3.20. The van der Waals surface area contributed by atoms with Gasteiger partial charge < -0.3 is 19.3 Å². The van der Waals surface area contributed by atoms with E-state index in [9.17, 15) is 14.2 Å². The Morgan fingerprint density at radius 3 is 1.31 bits per heavy atom. The molecule has 0 aromatic carbocycles. The number of phosphoric acid groups is 1. The van der Waals surface area contributed by atoms with Crippen molar-refractivity contribution in [3.63, 3.8) is 0 Å². The lowest BCUT2D eigenvalue weighted by atomic mass is 10.0. The second-order valence-electron chi connectivity index (χ2n) is 15.0. The van der Waals surface area contributed by atoms with Gasteiger partial charge in [-0.05, 0) is 77.0 Å². The molecule has 9 heteroatoms. The predicted molar refractivity (Wildman–Crippen MR) is 243 cm³/mol. The highest BCUT2D eigenvalue weighted by Gasteiger charge is 2.22. The molecule has 0 amide bonds. The van der Waals surface area contributed by atoms with E-state index in [0.717, 1.165) is 57.8 Å². The van der Waals surface area contributed by atoms with Crippen molar-refractivity contribution in [2.24, 2.45) is 0 Å². The van der Waals surface area contributed by atoms with Crippen LogP contribution in [0.4, 0.5) is 0 Å². The monoisotopic (exact) mass is 831 g/mol. The molecule has 0 radical (unpaired) electrons. The quantitative estimate of drug-likeness (QED) is 0.0271. The lowest BCUT2D eigenvalue weighted by Gasteiger charge is -2.18. The van der Waals surface area contributed by atoms with Crippen LogP contribution in [0, 0.1) is 0 Å². The molecule has 8 nitrogen and oxygen atoms in total. The zero-order chi connectivity index (χ0) is 42.5. The van der Waals surface area contributed by atoms with Gasteiger partial charge in [0.05, 0.1) is 6.61 Å². The van der Waals surface area contributed by atoms with Crippen molar-refractivity contribution in [3.8, 4) is 0 Å². The van der Waals surface area contributed by atoms with Crippen molar-refractivity contribution in [2.75, 3.05) is 13.2 Å². The van der Waals surface area contributed by atoms with Crippen LogP contribution in [0.5, 0.6) is 0 Å². The first-order chi connectivity index (χ1) is 28.3. The molecule has 0 rings (SSSR count). The van der Waals surface area contributed by atoms with E-state index in [4.69, 9.17) is 19.3 Å². The van der Waals surface area contributed by atoms with E-state index < -0.39 is 32.5 Å². The molecular weight excluding hydrogens is 748 g/mol. The highest BCUT2D eigenvalue weighted by molar-refractivity contribution is 7.46. The molecule has 0 aliphatic carbocycles. The van der Waals surface area contributed by atoms with Gasteiger partial charge in [0, 0.05) is 12.8 Å². The number of ether oxygens (including phenoxy) is 2. The first-order valence-corrected chi connectivity index (χ1v) is 24.4. The number of unbranched alkanes of at least 4 members (excludes halogenated alkanes) is 17. The molecule has 0 saturated carbocycles. The summed E-state index contributed by atoms with van der Waals surface area (Å²) in [5.41, 5.74) is 0. The standard InChI is InChI=1S/C49H83O8P/c1-3-5-7-9-11-13-15-17-19-21-23-24-26-28-30-32-34-36-38-40-42-44-49(51)57-47(46-56-58(52,53)54)45-55-48(50)43-41-39-37-35-33-31-29-27-25-22-20-18-16-14-12-10-8-6-4-2/h6,8,12,14,17-20,25,27,31,33,37,39,47H,3-5,7,9-11,13,15-16,21-24,26,28-30,32,34-36,38,40-46H2,1-2H3,(H2,52,53,54)/b8-6+,14-12+,19-17+,20-18+,27-25+,33-31+,39-37+/t47-/m1/s1. The van der Waals surface area contributed by atoms with E-state index in [2.05, 4.69) is 91.3 Å². The van der Waals surface area contributed by atoms with Crippen LogP contribution in [-0.2, 0) is 28.2 Å². The first-order valence-electron chi connectivity index (χ1n) is 22.9. The molecule has 0 saturated heterocycles. The molecule has 0 spiro atoms. The lowest BCUT2D eigenvalue weighted by molar-refractivity contribution is -0.161. The van der Waals surface area contributed by atoms with Crippen molar-refractivity contribution < 1.29 is 37.9 Å².